The van der Waals surface area contributed by atoms with E-state index in [1.54, 1.807) is 11.8 Å². The summed E-state index contributed by atoms with van der Waals surface area (Å²) in [5, 5.41) is 7.58. The molecule has 0 saturated heterocycles. The lowest BCUT2D eigenvalue weighted by Gasteiger charge is -2.08. The number of nitrogens with two attached hydrogens (primary N) is 1. The van der Waals surface area contributed by atoms with E-state index in [1.807, 2.05) is 37.3 Å². The second-order valence-corrected chi connectivity index (χ2v) is 4.94. The second kappa shape index (κ2) is 5.06. The summed E-state index contributed by atoms with van der Waals surface area (Å²) in [6.07, 6.45) is 0. The Morgan fingerprint density at radius 2 is 1.82 bits per heavy atom. The van der Waals surface area contributed by atoms with Gasteiger partial charge in [0.1, 0.15) is 5.84 Å². The topological polar surface area (TPSA) is 49.9 Å². The van der Waals surface area contributed by atoms with E-state index >= 15 is 0 Å². The molecule has 17 heavy (non-hydrogen) atoms. The third kappa shape index (κ3) is 2.88. The van der Waals surface area contributed by atoms with Crippen molar-refractivity contribution < 1.29 is 0 Å². The maximum absolute atomic E-state index is 7.58. The fraction of sp³-hybridized carbons (Fsp3) is 0.0714. The predicted octanol–water partition coefficient (Wildman–Crippen LogP) is 3.43. The van der Waals surface area contributed by atoms with Gasteiger partial charge in [-0.2, -0.15) is 0 Å². The van der Waals surface area contributed by atoms with Crippen LogP contribution < -0.4 is 5.73 Å². The summed E-state index contributed by atoms with van der Waals surface area (Å²) >= 11 is 1.64. The van der Waals surface area contributed by atoms with Crippen molar-refractivity contribution in [3.63, 3.8) is 0 Å². The molecule has 2 aromatic carbocycles. The van der Waals surface area contributed by atoms with Crippen LogP contribution in [0.2, 0.25) is 0 Å². The smallest absolute Gasteiger partial charge is 0.123 e. The average Bonchev–Trinajstić information content (AvgIpc) is 2.30. The van der Waals surface area contributed by atoms with Gasteiger partial charge in [-0.3, -0.25) is 5.41 Å². The molecule has 2 rings (SSSR count). The fourth-order valence-corrected chi connectivity index (χ4v) is 2.63. The van der Waals surface area contributed by atoms with E-state index < -0.39 is 0 Å². The summed E-state index contributed by atoms with van der Waals surface area (Å²) in [4.78, 5) is 2.18. The van der Waals surface area contributed by atoms with Gasteiger partial charge < -0.3 is 5.73 Å². The largest absolute Gasteiger partial charge is 0.384 e. The van der Waals surface area contributed by atoms with Gasteiger partial charge in [-0.25, -0.2) is 0 Å². The van der Waals surface area contributed by atoms with Crippen LogP contribution in [0.15, 0.2) is 58.3 Å². The molecule has 0 bridgehead atoms. The summed E-state index contributed by atoms with van der Waals surface area (Å²) in [6.45, 7) is 2.04. The van der Waals surface area contributed by atoms with Crippen molar-refractivity contribution in [2.75, 3.05) is 0 Å². The molecular weight excluding hydrogens is 228 g/mol. The summed E-state index contributed by atoms with van der Waals surface area (Å²) in [7, 11) is 0. The van der Waals surface area contributed by atoms with Crippen molar-refractivity contribution in [3.05, 3.63) is 59.7 Å². The lowest BCUT2D eigenvalue weighted by Crippen LogP contribution is -2.12. The highest BCUT2D eigenvalue weighted by molar-refractivity contribution is 7.99. The predicted molar refractivity (Wildman–Crippen MR) is 72.8 cm³/mol. The van der Waals surface area contributed by atoms with Gasteiger partial charge in [0, 0.05) is 15.4 Å². The third-order valence-electron chi connectivity index (χ3n) is 2.40. The number of nitrogen functional groups attached to an aromatic ring is 1. The highest BCUT2D eigenvalue weighted by atomic mass is 32.2. The lowest BCUT2D eigenvalue weighted by atomic mass is 10.1. The maximum atomic E-state index is 7.58. The molecule has 0 saturated carbocycles. The van der Waals surface area contributed by atoms with Crippen LogP contribution in [0.4, 0.5) is 0 Å². The average molecular weight is 242 g/mol. The molecule has 0 aliphatic carbocycles. The quantitative estimate of drug-likeness (QED) is 0.640. The van der Waals surface area contributed by atoms with Crippen molar-refractivity contribution in [2.24, 2.45) is 5.73 Å². The summed E-state index contributed by atoms with van der Waals surface area (Å²) in [6, 6.07) is 16.1. The van der Waals surface area contributed by atoms with E-state index in [0.29, 0.717) is 0 Å². The molecule has 0 heterocycles. The van der Waals surface area contributed by atoms with E-state index in [0.717, 1.165) is 15.4 Å². The Kier molecular flexibility index (Phi) is 3.49. The van der Waals surface area contributed by atoms with E-state index in [9.17, 15) is 0 Å². The highest BCUT2D eigenvalue weighted by Crippen LogP contribution is 2.30. The number of rotatable bonds is 3. The third-order valence-corrected chi connectivity index (χ3v) is 3.46. The number of amidine groups is 1. The Balaban J connectivity index is 2.37. The molecule has 3 heteroatoms. The SMILES string of the molecule is Cc1ccc(C(=N)N)c(Sc2ccccc2)c1. The van der Waals surface area contributed by atoms with Gasteiger partial charge in [0.05, 0.1) is 0 Å². The van der Waals surface area contributed by atoms with Crippen molar-refractivity contribution in [2.45, 2.75) is 16.7 Å². The van der Waals surface area contributed by atoms with Crippen LogP contribution in [0.25, 0.3) is 0 Å². The summed E-state index contributed by atoms with van der Waals surface area (Å²) < 4.78 is 0. The standard InChI is InChI=1S/C14H14N2S/c1-10-7-8-12(14(15)16)13(9-10)17-11-5-3-2-4-6-11/h2-9H,1H3,(H3,15,16). The molecule has 3 N–H and O–H groups in total. The highest BCUT2D eigenvalue weighted by Gasteiger charge is 2.07. The zero-order chi connectivity index (χ0) is 12.3. The molecule has 0 aliphatic rings. The van der Waals surface area contributed by atoms with Crippen LogP contribution in [-0.2, 0) is 0 Å². The number of hydrogen-bond donors (Lipinski definition) is 2. The Morgan fingerprint density at radius 1 is 1.12 bits per heavy atom. The van der Waals surface area contributed by atoms with Crippen LogP contribution in [0.1, 0.15) is 11.1 Å². The molecule has 0 aromatic heterocycles. The number of benzene rings is 2. The summed E-state index contributed by atoms with van der Waals surface area (Å²) in [5.74, 6) is 0.114. The van der Waals surface area contributed by atoms with E-state index in [4.69, 9.17) is 11.1 Å². The van der Waals surface area contributed by atoms with Gasteiger partial charge in [0.25, 0.3) is 0 Å². The molecule has 0 radical (unpaired) electrons. The van der Waals surface area contributed by atoms with Crippen molar-refractivity contribution in [1.29, 1.82) is 5.41 Å². The van der Waals surface area contributed by atoms with Crippen LogP contribution in [0.3, 0.4) is 0 Å². The molecular formula is C14H14N2S. The second-order valence-electron chi connectivity index (χ2n) is 3.83. The maximum Gasteiger partial charge on any atom is 0.123 e. The summed E-state index contributed by atoms with van der Waals surface area (Å²) in [5.41, 5.74) is 7.56. The van der Waals surface area contributed by atoms with E-state index in [-0.39, 0.29) is 5.84 Å². The molecule has 0 amide bonds. The zero-order valence-electron chi connectivity index (χ0n) is 9.60. The van der Waals surface area contributed by atoms with E-state index in [1.165, 1.54) is 5.56 Å². The van der Waals surface area contributed by atoms with Crippen molar-refractivity contribution in [3.8, 4) is 0 Å². The van der Waals surface area contributed by atoms with Gasteiger partial charge in [-0.1, -0.05) is 36.0 Å². The van der Waals surface area contributed by atoms with Gasteiger partial charge in [-0.05, 0) is 36.8 Å². The molecule has 2 nitrogen and oxygen atoms in total. The normalized spacial score (nSPS) is 10.2. The number of nitrogens with one attached hydrogen (secondary N) is 1. The van der Waals surface area contributed by atoms with Gasteiger partial charge >= 0.3 is 0 Å². The molecule has 2 aromatic rings. The van der Waals surface area contributed by atoms with Crippen LogP contribution >= 0.6 is 11.8 Å². The van der Waals surface area contributed by atoms with E-state index in [2.05, 4.69) is 18.2 Å². The molecule has 86 valence electrons. The Morgan fingerprint density at radius 3 is 2.47 bits per heavy atom. The fourth-order valence-electron chi connectivity index (χ4n) is 1.55. The van der Waals surface area contributed by atoms with Crippen LogP contribution in [0.5, 0.6) is 0 Å². The minimum atomic E-state index is 0.114. The van der Waals surface area contributed by atoms with Gasteiger partial charge in [0.15, 0.2) is 0 Å². The monoisotopic (exact) mass is 242 g/mol. The molecule has 0 unspecified atom stereocenters. The van der Waals surface area contributed by atoms with Crippen molar-refractivity contribution in [1.82, 2.24) is 0 Å². The number of aryl methyl sites for hydroxylation is 1. The zero-order valence-corrected chi connectivity index (χ0v) is 10.4. The Hall–Kier alpha value is -1.74. The Bertz CT molecular complexity index is 535. The first-order valence-electron chi connectivity index (χ1n) is 5.35. The first-order chi connectivity index (χ1) is 8.16. The lowest BCUT2D eigenvalue weighted by molar-refractivity contribution is 1.29. The minimum Gasteiger partial charge on any atom is -0.384 e. The molecule has 0 atom stereocenters. The van der Waals surface area contributed by atoms with Gasteiger partial charge in [0.2, 0.25) is 0 Å². The van der Waals surface area contributed by atoms with Crippen LogP contribution in [-0.4, -0.2) is 5.84 Å². The van der Waals surface area contributed by atoms with Crippen molar-refractivity contribution >= 4 is 17.6 Å². The first kappa shape index (κ1) is 11.7. The number of hydrogen-bond acceptors (Lipinski definition) is 2. The molecule has 0 aliphatic heterocycles. The Labute approximate surface area is 105 Å². The molecule has 0 spiro atoms. The first-order valence-corrected chi connectivity index (χ1v) is 6.16. The van der Waals surface area contributed by atoms with Crippen LogP contribution in [0, 0.1) is 12.3 Å². The molecule has 0 fully saturated rings. The minimum absolute atomic E-state index is 0.114. The van der Waals surface area contributed by atoms with Gasteiger partial charge in [-0.15, -0.1) is 0 Å².